The van der Waals surface area contributed by atoms with Crippen molar-refractivity contribution in [1.29, 1.82) is 10.5 Å². The lowest BCUT2D eigenvalue weighted by molar-refractivity contribution is 0.903. The van der Waals surface area contributed by atoms with E-state index in [1.165, 1.54) is 12.4 Å². The molecule has 0 saturated heterocycles. The molecule has 4 heterocycles. The number of halogens is 3. The van der Waals surface area contributed by atoms with Crippen molar-refractivity contribution in [2.45, 2.75) is 12.3 Å². The maximum Gasteiger partial charge on any atom is 0.223 e. The number of aromatic nitrogens is 6. The van der Waals surface area contributed by atoms with Crippen LogP contribution in [0.2, 0.25) is 15.7 Å². The molecule has 33 heavy (non-hydrogen) atoms. The van der Waals surface area contributed by atoms with E-state index < -0.39 is 5.92 Å². The van der Waals surface area contributed by atoms with Gasteiger partial charge in [0, 0.05) is 24.8 Å². The van der Waals surface area contributed by atoms with Crippen LogP contribution >= 0.6 is 34.8 Å². The van der Waals surface area contributed by atoms with Gasteiger partial charge in [-0.2, -0.15) is 10.5 Å². The first-order valence-electron chi connectivity index (χ1n) is 9.23. The summed E-state index contributed by atoms with van der Waals surface area (Å²) in [5.74, 6) is -0.512. The van der Waals surface area contributed by atoms with E-state index >= 15 is 0 Å². The van der Waals surface area contributed by atoms with Crippen LogP contribution in [-0.4, -0.2) is 29.9 Å². The maximum absolute atomic E-state index is 9.13. The smallest absolute Gasteiger partial charge is 0.223 e. The minimum atomic E-state index is -0.512. The fraction of sp³-hybridized carbons (Fsp3) is 0.0909. The molecular weight excluding hydrogens is 483 g/mol. The summed E-state index contributed by atoms with van der Waals surface area (Å²) >= 11 is 16.4. The summed E-state index contributed by atoms with van der Waals surface area (Å²) in [6.07, 6.45) is 6.76. The first kappa shape index (κ1) is 25.6. The standard InChI is InChI=1S/C11H7ClN4.C7H6N2.C4H2Cl2N2/c12-11-15-6-4-10(16-11)8(7-13)9-3-1-2-5-14-9;8-5-4-7-3-1-2-6-9-7;5-3-1-2-7-4(6)8-3/h1-6,8H;1-3,6H,4H2;1-2H. The highest BCUT2D eigenvalue weighted by Gasteiger charge is 2.16. The van der Waals surface area contributed by atoms with E-state index in [4.69, 9.17) is 45.3 Å². The van der Waals surface area contributed by atoms with Crippen molar-refractivity contribution in [3.8, 4) is 12.1 Å². The highest BCUT2D eigenvalue weighted by atomic mass is 35.5. The summed E-state index contributed by atoms with van der Waals surface area (Å²) in [7, 11) is 0. The van der Waals surface area contributed by atoms with Gasteiger partial charge < -0.3 is 0 Å². The summed E-state index contributed by atoms with van der Waals surface area (Å²) in [6, 6.07) is 18.3. The quantitative estimate of drug-likeness (QED) is 0.282. The lowest BCUT2D eigenvalue weighted by atomic mass is 10.0. The number of pyridine rings is 2. The van der Waals surface area contributed by atoms with Crippen LogP contribution in [0, 0.1) is 22.7 Å². The molecule has 1 unspecified atom stereocenters. The third-order valence-corrected chi connectivity index (χ3v) is 4.21. The third-order valence-electron chi connectivity index (χ3n) is 3.63. The summed E-state index contributed by atoms with van der Waals surface area (Å²) in [5, 5.41) is 18.0. The largest absolute Gasteiger partial charge is 0.260 e. The zero-order chi connectivity index (χ0) is 23.9. The van der Waals surface area contributed by atoms with E-state index in [-0.39, 0.29) is 10.6 Å². The van der Waals surface area contributed by atoms with Crippen molar-refractivity contribution in [1.82, 2.24) is 29.9 Å². The fourth-order valence-electron chi connectivity index (χ4n) is 2.24. The molecule has 1 atom stereocenters. The molecule has 0 amide bonds. The normalized spacial score (nSPS) is 10.2. The number of hydrogen-bond donors (Lipinski definition) is 0. The summed E-state index contributed by atoms with van der Waals surface area (Å²) in [6.45, 7) is 0. The molecule has 11 heteroatoms. The predicted molar refractivity (Wildman–Crippen MR) is 124 cm³/mol. The second kappa shape index (κ2) is 14.4. The average molecular weight is 498 g/mol. The van der Waals surface area contributed by atoms with Gasteiger partial charge in [0.15, 0.2) is 0 Å². The Balaban J connectivity index is 0.000000192. The van der Waals surface area contributed by atoms with Crippen LogP contribution in [0.3, 0.4) is 0 Å². The van der Waals surface area contributed by atoms with Gasteiger partial charge in [-0.3, -0.25) is 9.97 Å². The van der Waals surface area contributed by atoms with Crippen molar-refractivity contribution in [2.75, 3.05) is 0 Å². The molecule has 0 fully saturated rings. The molecule has 0 aliphatic carbocycles. The molecule has 164 valence electrons. The summed E-state index contributed by atoms with van der Waals surface area (Å²) < 4.78 is 0. The van der Waals surface area contributed by atoms with Crippen molar-refractivity contribution in [3.05, 3.63) is 106 Å². The molecule has 0 aromatic carbocycles. The minimum absolute atomic E-state index is 0.133. The van der Waals surface area contributed by atoms with Gasteiger partial charge in [0.25, 0.3) is 0 Å². The number of nitrogens with zero attached hydrogens (tertiary/aromatic N) is 8. The first-order valence-corrected chi connectivity index (χ1v) is 10.4. The van der Waals surface area contributed by atoms with Crippen LogP contribution in [-0.2, 0) is 6.42 Å². The molecule has 0 aliphatic heterocycles. The van der Waals surface area contributed by atoms with Crippen LogP contribution < -0.4 is 0 Å². The molecule has 4 aromatic rings. The molecule has 0 spiro atoms. The lowest BCUT2D eigenvalue weighted by Gasteiger charge is -2.07. The second-order valence-electron chi connectivity index (χ2n) is 5.87. The van der Waals surface area contributed by atoms with Crippen LogP contribution in [0.4, 0.5) is 0 Å². The van der Waals surface area contributed by atoms with E-state index in [9.17, 15) is 0 Å². The maximum atomic E-state index is 9.13. The third kappa shape index (κ3) is 9.55. The Bertz CT molecular complexity index is 1190. The Morgan fingerprint density at radius 3 is 1.85 bits per heavy atom. The highest BCUT2D eigenvalue weighted by Crippen LogP contribution is 2.20. The van der Waals surface area contributed by atoms with Crippen molar-refractivity contribution < 1.29 is 0 Å². The van der Waals surface area contributed by atoms with Gasteiger partial charge in [-0.05, 0) is 59.6 Å². The minimum Gasteiger partial charge on any atom is -0.260 e. The molecule has 0 N–H and O–H groups in total. The highest BCUT2D eigenvalue weighted by molar-refractivity contribution is 6.31. The molecule has 0 saturated carbocycles. The first-order chi connectivity index (χ1) is 16.0. The number of nitriles is 2. The zero-order valence-corrected chi connectivity index (χ0v) is 19.2. The molecule has 4 aromatic heterocycles. The molecule has 0 bridgehead atoms. The Kier molecular flexibility index (Phi) is 11.1. The van der Waals surface area contributed by atoms with Gasteiger partial charge in [-0.15, -0.1) is 0 Å². The van der Waals surface area contributed by atoms with E-state index in [0.29, 0.717) is 23.0 Å². The van der Waals surface area contributed by atoms with Crippen molar-refractivity contribution in [2.24, 2.45) is 0 Å². The van der Waals surface area contributed by atoms with Crippen LogP contribution in [0.5, 0.6) is 0 Å². The second-order valence-corrected chi connectivity index (χ2v) is 6.93. The van der Waals surface area contributed by atoms with Crippen LogP contribution in [0.25, 0.3) is 0 Å². The van der Waals surface area contributed by atoms with Gasteiger partial charge in [0.2, 0.25) is 10.6 Å². The van der Waals surface area contributed by atoms with E-state index in [1.54, 1.807) is 36.7 Å². The van der Waals surface area contributed by atoms with E-state index in [2.05, 4.69) is 36.0 Å². The Morgan fingerprint density at radius 2 is 1.36 bits per heavy atom. The number of rotatable bonds is 3. The zero-order valence-electron chi connectivity index (χ0n) is 16.9. The molecule has 4 rings (SSSR count). The number of hydrogen-bond acceptors (Lipinski definition) is 8. The van der Waals surface area contributed by atoms with Gasteiger partial charge in [0.1, 0.15) is 11.1 Å². The van der Waals surface area contributed by atoms with Crippen molar-refractivity contribution in [3.63, 3.8) is 0 Å². The Hall–Kier alpha value is -3.69. The summed E-state index contributed by atoms with van der Waals surface area (Å²) in [5.41, 5.74) is 2.04. The van der Waals surface area contributed by atoms with Crippen molar-refractivity contribution >= 4 is 34.8 Å². The Labute approximate surface area is 205 Å². The molecule has 0 radical (unpaired) electrons. The van der Waals surface area contributed by atoms with E-state index in [1.807, 2.05) is 30.3 Å². The van der Waals surface area contributed by atoms with Gasteiger partial charge in [0.05, 0.1) is 35.6 Å². The topological polar surface area (TPSA) is 125 Å². The van der Waals surface area contributed by atoms with E-state index in [0.717, 1.165) is 5.69 Å². The SMILES string of the molecule is Clc1ccnc(Cl)n1.N#CC(c1ccccn1)c1ccnc(Cl)n1.N#CCc1ccccn1. The average Bonchev–Trinajstić information content (AvgIpc) is 2.82. The molecular formula is C22H15Cl3N8. The van der Waals surface area contributed by atoms with Crippen LogP contribution in [0.15, 0.2) is 73.3 Å². The fourth-order valence-corrected chi connectivity index (χ4v) is 2.72. The lowest BCUT2D eigenvalue weighted by Crippen LogP contribution is -2.03. The molecule has 8 nitrogen and oxygen atoms in total. The monoisotopic (exact) mass is 496 g/mol. The van der Waals surface area contributed by atoms with Gasteiger partial charge in [-0.25, -0.2) is 19.9 Å². The summed E-state index contributed by atoms with van der Waals surface area (Å²) in [4.78, 5) is 23.1. The van der Waals surface area contributed by atoms with Crippen LogP contribution in [0.1, 0.15) is 23.0 Å². The van der Waals surface area contributed by atoms with Gasteiger partial charge >= 0.3 is 0 Å². The van der Waals surface area contributed by atoms with Gasteiger partial charge in [-0.1, -0.05) is 23.7 Å². The molecule has 0 aliphatic rings. The predicted octanol–water partition coefficient (Wildman–Crippen LogP) is 5.11. The Morgan fingerprint density at radius 1 is 0.697 bits per heavy atom.